The Hall–Kier alpha value is 0.0500. The first-order chi connectivity index (χ1) is 6.56. The van der Waals surface area contributed by atoms with E-state index in [0.29, 0.717) is 16.0 Å². The van der Waals surface area contributed by atoms with Gasteiger partial charge in [0.05, 0.1) is 10.0 Å². The fourth-order valence-corrected chi connectivity index (χ4v) is 1.61. The Labute approximate surface area is 107 Å². The summed E-state index contributed by atoms with van der Waals surface area (Å²) in [7, 11) is 0. The molecule has 0 amide bonds. The molecule has 0 aliphatic rings. The molecule has 0 radical (unpaired) electrons. The van der Waals surface area contributed by atoms with Crippen molar-refractivity contribution in [2.75, 3.05) is 0 Å². The monoisotopic (exact) mass is 267 g/mol. The number of hydrogen-bond acceptors (Lipinski definition) is 1. The zero-order valence-electron chi connectivity index (χ0n) is 8.84. The third-order valence-corrected chi connectivity index (χ3v) is 3.32. The molecule has 0 aromatic heterocycles. The van der Waals surface area contributed by atoms with Gasteiger partial charge in [0.25, 0.3) is 0 Å². The van der Waals surface area contributed by atoms with Gasteiger partial charge in [-0.3, -0.25) is 0 Å². The van der Waals surface area contributed by atoms with Crippen molar-refractivity contribution >= 4 is 35.6 Å². The number of nitrogens with two attached hydrogens (primary N) is 1. The van der Waals surface area contributed by atoms with Crippen LogP contribution in [-0.4, -0.2) is 0 Å². The zero-order chi connectivity index (χ0) is 10.7. The zero-order valence-corrected chi connectivity index (χ0v) is 11.2. The third kappa shape index (κ3) is 3.84. The summed E-state index contributed by atoms with van der Waals surface area (Å²) < 4.78 is 0. The lowest BCUT2D eigenvalue weighted by molar-refractivity contribution is 0.457. The molecule has 1 rings (SSSR count). The molecular weight excluding hydrogens is 252 g/mol. The fraction of sp³-hybridized carbons (Fsp3) is 0.455. The van der Waals surface area contributed by atoms with Crippen molar-refractivity contribution in [3.63, 3.8) is 0 Å². The predicted octanol–water partition coefficient (Wildman–Crippen LogP) is 4.46. The van der Waals surface area contributed by atoms with Crippen molar-refractivity contribution in [2.24, 2.45) is 11.7 Å². The molecule has 2 N–H and O–H groups in total. The quantitative estimate of drug-likeness (QED) is 0.860. The van der Waals surface area contributed by atoms with E-state index in [-0.39, 0.29) is 18.4 Å². The summed E-state index contributed by atoms with van der Waals surface area (Å²) in [6.45, 7) is 4.26. The van der Waals surface area contributed by atoms with Crippen LogP contribution in [0.2, 0.25) is 10.0 Å². The number of benzene rings is 1. The molecule has 0 spiro atoms. The van der Waals surface area contributed by atoms with E-state index in [9.17, 15) is 0 Å². The largest absolute Gasteiger partial charge is 0.324 e. The SMILES string of the molecule is CCC(C)[C@H](N)c1ccc(Cl)c(Cl)c1.Cl. The Morgan fingerprint density at radius 1 is 1.27 bits per heavy atom. The van der Waals surface area contributed by atoms with Crippen molar-refractivity contribution in [3.8, 4) is 0 Å². The third-order valence-electron chi connectivity index (χ3n) is 2.59. The van der Waals surface area contributed by atoms with Crippen LogP contribution in [0.1, 0.15) is 31.9 Å². The maximum Gasteiger partial charge on any atom is 0.0595 e. The molecule has 1 aromatic rings. The van der Waals surface area contributed by atoms with Gasteiger partial charge in [0.2, 0.25) is 0 Å². The molecular formula is C11H16Cl3N. The lowest BCUT2D eigenvalue weighted by Gasteiger charge is -2.18. The van der Waals surface area contributed by atoms with Crippen molar-refractivity contribution in [3.05, 3.63) is 33.8 Å². The highest BCUT2D eigenvalue weighted by molar-refractivity contribution is 6.42. The lowest BCUT2D eigenvalue weighted by atomic mass is 9.93. The highest BCUT2D eigenvalue weighted by atomic mass is 35.5. The van der Waals surface area contributed by atoms with Crippen molar-refractivity contribution in [1.29, 1.82) is 0 Å². The van der Waals surface area contributed by atoms with Crippen LogP contribution in [0, 0.1) is 5.92 Å². The maximum atomic E-state index is 6.07. The van der Waals surface area contributed by atoms with E-state index in [1.54, 1.807) is 6.07 Å². The molecule has 0 heterocycles. The van der Waals surface area contributed by atoms with Crippen molar-refractivity contribution < 1.29 is 0 Å². The van der Waals surface area contributed by atoms with Crippen LogP contribution in [0.4, 0.5) is 0 Å². The maximum absolute atomic E-state index is 6.07. The van der Waals surface area contributed by atoms with E-state index >= 15 is 0 Å². The first-order valence-electron chi connectivity index (χ1n) is 4.76. The molecule has 0 aliphatic heterocycles. The first-order valence-corrected chi connectivity index (χ1v) is 5.52. The fourth-order valence-electron chi connectivity index (χ4n) is 1.30. The van der Waals surface area contributed by atoms with E-state index in [0.717, 1.165) is 12.0 Å². The van der Waals surface area contributed by atoms with Crippen LogP contribution < -0.4 is 5.73 Å². The molecule has 2 atom stereocenters. The summed E-state index contributed by atoms with van der Waals surface area (Å²) in [6, 6.07) is 5.61. The average Bonchev–Trinajstić information content (AvgIpc) is 2.20. The van der Waals surface area contributed by atoms with E-state index < -0.39 is 0 Å². The highest BCUT2D eigenvalue weighted by Gasteiger charge is 2.13. The summed E-state index contributed by atoms with van der Waals surface area (Å²) in [5.41, 5.74) is 7.12. The first kappa shape index (κ1) is 15.0. The smallest absolute Gasteiger partial charge is 0.0595 e. The molecule has 0 aliphatic carbocycles. The second-order valence-electron chi connectivity index (χ2n) is 3.58. The molecule has 0 fully saturated rings. The number of halogens is 3. The van der Waals surface area contributed by atoms with Gasteiger partial charge in [-0.1, -0.05) is 49.5 Å². The van der Waals surface area contributed by atoms with E-state index in [1.165, 1.54) is 0 Å². The van der Waals surface area contributed by atoms with Gasteiger partial charge in [0.15, 0.2) is 0 Å². The summed E-state index contributed by atoms with van der Waals surface area (Å²) in [4.78, 5) is 0. The minimum absolute atomic E-state index is 0. The van der Waals surface area contributed by atoms with Crippen molar-refractivity contribution in [1.82, 2.24) is 0 Å². The van der Waals surface area contributed by atoms with Gasteiger partial charge in [-0.15, -0.1) is 12.4 Å². The second-order valence-corrected chi connectivity index (χ2v) is 4.40. The van der Waals surface area contributed by atoms with Crippen molar-refractivity contribution in [2.45, 2.75) is 26.3 Å². The molecule has 4 heteroatoms. The predicted molar refractivity (Wildman–Crippen MR) is 70.1 cm³/mol. The minimum Gasteiger partial charge on any atom is -0.324 e. The van der Waals surface area contributed by atoms with Gasteiger partial charge in [0.1, 0.15) is 0 Å². The number of hydrogen-bond donors (Lipinski definition) is 1. The molecule has 1 nitrogen and oxygen atoms in total. The molecule has 0 bridgehead atoms. The molecule has 1 unspecified atom stereocenters. The normalized spacial score (nSPS) is 14.2. The Morgan fingerprint density at radius 2 is 1.87 bits per heavy atom. The summed E-state index contributed by atoms with van der Waals surface area (Å²) in [5.74, 6) is 0.451. The second kappa shape index (κ2) is 6.59. The Kier molecular flexibility index (Phi) is 6.62. The topological polar surface area (TPSA) is 26.0 Å². The van der Waals surface area contributed by atoms with Gasteiger partial charge >= 0.3 is 0 Å². The molecule has 1 aromatic carbocycles. The van der Waals surface area contributed by atoms with Gasteiger partial charge in [-0.05, 0) is 23.6 Å². The van der Waals surface area contributed by atoms with Crippen LogP contribution in [-0.2, 0) is 0 Å². The lowest BCUT2D eigenvalue weighted by Crippen LogP contribution is -2.18. The van der Waals surface area contributed by atoms with Crippen LogP contribution in [0.3, 0.4) is 0 Å². The van der Waals surface area contributed by atoms with Crippen LogP contribution in [0.25, 0.3) is 0 Å². The van der Waals surface area contributed by atoms with Crippen LogP contribution >= 0.6 is 35.6 Å². The van der Waals surface area contributed by atoms with Gasteiger partial charge in [0, 0.05) is 6.04 Å². The Bertz CT molecular complexity index is 315. The standard InChI is InChI=1S/C11H15Cl2N.ClH/c1-3-7(2)11(14)8-4-5-9(12)10(13)6-8;/h4-7,11H,3,14H2,1-2H3;1H/t7?,11-;/m0./s1. The minimum atomic E-state index is 0. The Morgan fingerprint density at radius 3 is 2.33 bits per heavy atom. The van der Waals surface area contributed by atoms with Crippen LogP contribution in [0.15, 0.2) is 18.2 Å². The van der Waals surface area contributed by atoms with Gasteiger partial charge in [-0.2, -0.15) is 0 Å². The summed E-state index contributed by atoms with van der Waals surface area (Å²) in [6.07, 6.45) is 1.06. The molecule has 0 saturated heterocycles. The highest BCUT2D eigenvalue weighted by Crippen LogP contribution is 2.28. The van der Waals surface area contributed by atoms with E-state index in [4.69, 9.17) is 28.9 Å². The van der Waals surface area contributed by atoms with Crippen LogP contribution in [0.5, 0.6) is 0 Å². The molecule has 15 heavy (non-hydrogen) atoms. The molecule has 86 valence electrons. The van der Waals surface area contributed by atoms with E-state index in [1.807, 2.05) is 12.1 Å². The Balaban J connectivity index is 0.00000196. The van der Waals surface area contributed by atoms with Gasteiger partial charge in [-0.25, -0.2) is 0 Å². The average molecular weight is 269 g/mol. The van der Waals surface area contributed by atoms with Gasteiger partial charge < -0.3 is 5.73 Å². The summed E-state index contributed by atoms with van der Waals surface area (Å²) >= 11 is 11.7. The summed E-state index contributed by atoms with van der Waals surface area (Å²) in [5, 5.41) is 1.15. The molecule has 0 saturated carbocycles. The number of rotatable bonds is 3. The van der Waals surface area contributed by atoms with E-state index in [2.05, 4.69) is 13.8 Å².